The van der Waals surface area contributed by atoms with Crippen molar-refractivity contribution < 1.29 is 4.79 Å². The Morgan fingerprint density at radius 3 is 2.57 bits per heavy atom. The van der Waals surface area contributed by atoms with Gasteiger partial charge in [0, 0.05) is 32.1 Å². The summed E-state index contributed by atoms with van der Waals surface area (Å²) < 4.78 is 0. The minimum atomic E-state index is 0.0381. The number of hydrogen-bond acceptors (Lipinski definition) is 2. The highest BCUT2D eigenvalue weighted by molar-refractivity contribution is 5.95. The molecule has 0 spiro atoms. The van der Waals surface area contributed by atoms with Gasteiger partial charge in [0.1, 0.15) is 0 Å². The minimum absolute atomic E-state index is 0.0381. The first-order valence-electron chi connectivity index (χ1n) is 4.69. The van der Waals surface area contributed by atoms with Crippen molar-refractivity contribution in [2.24, 2.45) is 0 Å². The minimum Gasteiger partial charge on any atom is -0.345 e. The summed E-state index contributed by atoms with van der Waals surface area (Å²) in [6, 6.07) is 1.78. The second-order valence-corrected chi connectivity index (χ2v) is 3.82. The van der Waals surface area contributed by atoms with E-state index in [4.69, 9.17) is 0 Å². The highest BCUT2D eigenvalue weighted by Crippen LogP contribution is 2.18. The molecule has 0 aromatic carbocycles. The quantitative estimate of drug-likeness (QED) is 0.717. The van der Waals surface area contributed by atoms with Gasteiger partial charge in [-0.1, -0.05) is 13.8 Å². The molecule has 0 bridgehead atoms. The number of rotatable bonds is 2. The van der Waals surface area contributed by atoms with Crippen LogP contribution >= 0.6 is 0 Å². The molecule has 0 aliphatic rings. The molecule has 1 rings (SSSR count). The predicted molar refractivity (Wildman–Crippen MR) is 56.3 cm³/mol. The van der Waals surface area contributed by atoms with E-state index in [1.54, 1.807) is 37.5 Å². The molecule has 0 radical (unpaired) electrons. The Morgan fingerprint density at radius 1 is 1.43 bits per heavy atom. The number of carbonyl (C=O) groups excluding carboxylic acids is 1. The molecule has 0 unspecified atom stereocenters. The van der Waals surface area contributed by atoms with Crippen LogP contribution in [0.1, 0.15) is 35.7 Å². The fraction of sp³-hybridized carbons (Fsp3) is 0.455. The zero-order valence-corrected chi connectivity index (χ0v) is 9.11. The maximum Gasteiger partial charge on any atom is 0.253 e. The second-order valence-electron chi connectivity index (χ2n) is 3.82. The highest BCUT2D eigenvalue weighted by Gasteiger charge is 2.14. The fourth-order valence-electron chi connectivity index (χ4n) is 1.30. The number of hydrogen-bond donors (Lipinski definition) is 0. The van der Waals surface area contributed by atoms with Crippen LogP contribution in [0.5, 0.6) is 0 Å². The standard InChI is InChI=1S/C11H16N2O/c1-8(2)10-7-12-6-5-9(10)11(14)13(3)4/h5-8H,1-4H3. The molecule has 0 atom stereocenters. The van der Waals surface area contributed by atoms with Gasteiger partial charge in [0.2, 0.25) is 0 Å². The fourth-order valence-corrected chi connectivity index (χ4v) is 1.30. The number of aromatic nitrogens is 1. The van der Waals surface area contributed by atoms with Gasteiger partial charge in [-0.15, -0.1) is 0 Å². The third kappa shape index (κ3) is 2.10. The maximum atomic E-state index is 11.8. The van der Waals surface area contributed by atoms with Crippen molar-refractivity contribution in [2.45, 2.75) is 19.8 Å². The van der Waals surface area contributed by atoms with E-state index in [0.29, 0.717) is 5.92 Å². The van der Waals surface area contributed by atoms with Crippen molar-refractivity contribution >= 4 is 5.91 Å². The Hall–Kier alpha value is -1.38. The van der Waals surface area contributed by atoms with Crippen LogP contribution in [-0.4, -0.2) is 29.9 Å². The average Bonchev–Trinajstić information content (AvgIpc) is 2.16. The zero-order valence-electron chi connectivity index (χ0n) is 9.11. The summed E-state index contributed by atoms with van der Waals surface area (Å²) in [5.41, 5.74) is 1.76. The van der Waals surface area contributed by atoms with E-state index in [-0.39, 0.29) is 5.91 Å². The molecular weight excluding hydrogens is 176 g/mol. The molecule has 0 N–H and O–H groups in total. The maximum absolute atomic E-state index is 11.8. The Balaban J connectivity index is 3.13. The molecule has 0 aliphatic carbocycles. The molecule has 0 saturated heterocycles. The smallest absolute Gasteiger partial charge is 0.253 e. The average molecular weight is 192 g/mol. The molecular formula is C11H16N2O. The second kappa shape index (κ2) is 4.22. The van der Waals surface area contributed by atoms with Crippen LogP contribution in [-0.2, 0) is 0 Å². The Kier molecular flexibility index (Phi) is 3.23. The van der Waals surface area contributed by atoms with Gasteiger partial charge in [0.05, 0.1) is 0 Å². The lowest BCUT2D eigenvalue weighted by Crippen LogP contribution is -2.23. The summed E-state index contributed by atoms with van der Waals surface area (Å²) in [6.07, 6.45) is 3.42. The first-order chi connectivity index (χ1) is 6.54. The van der Waals surface area contributed by atoms with Crippen molar-refractivity contribution in [2.75, 3.05) is 14.1 Å². The Bertz CT molecular complexity index is 332. The lowest BCUT2D eigenvalue weighted by Gasteiger charge is -2.15. The van der Waals surface area contributed by atoms with Crippen molar-refractivity contribution in [3.05, 3.63) is 29.6 Å². The van der Waals surface area contributed by atoms with Crippen LogP contribution < -0.4 is 0 Å². The first-order valence-corrected chi connectivity index (χ1v) is 4.69. The summed E-state index contributed by atoms with van der Waals surface area (Å²) in [7, 11) is 3.51. The molecule has 14 heavy (non-hydrogen) atoms. The van der Waals surface area contributed by atoms with Crippen LogP contribution in [0, 0.1) is 0 Å². The van der Waals surface area contributed by atoms with E-state index in [1.165, 1.54) is 0 Å². The van der Waals surface area contributed by atoms with E-state index >= 15 is 0 Å². The lowest BCUT2D eigenvalue weighted by atomic mass is 9.99. The van der Waals surface area contributed by atoms with Crippen molar-refractivity contribution in [1.82, 2.24) is 9.88 Å². The molecule has 1 heterocycles. The van der Waals surface area contributed by atoms with Gasteiger partial charge in [-0.05, 0) is 17.5 Å². The number of carbonyl (C=O) groups is 1. The summed E-state index contributed by atoms with van der Waals surface area (Å²) in [6.45, 7) is 4.12. The van der Waals surface area contributed by atoms with E-state index in [1.807, 2.05) is 0 Å². The van der Waals surface area contributed by atoms with Gasteiger partial charge < -0.3 is 4.90 Å². The normalized spacial score (nSPS) is 10.4. The zero-order chi connectivity index (χ0) is 10.7. The first kappa shape index (κ1) is 10.7. The van der Waals surface area contributed by atoms with Crippen molar-refractivity contribution in [3.8, 4) is 0 Å². The van der Waals surface area contributed by atoms with E-state index in [0.717, 1.165) is 11.1 Å². The molecule has 1 aromatic rings. The van der Waals surface area contributed by atoms with E-state index < -0.39 is 0 Å². The van der Waals surface area contributed by atoms with E-state index in [9.17, 15) is 4.79 Å². The van der Waals surface area contributed by atoms with Gasteiger partial charge in [0.25, 0.3) is 5.91 Å². The third-order valence-corrected chi connectivity index (χ3v) is 2.11. The summed E-state index contributed by atoms with van der Waals surface area (Å²) in [5.74, 6) is 0.360. The lowest BCUT2D eigenvalue weighted by molar-refractivity contribution is 0.0826. The summed E-state index contributed by atoms with van der Waals surface area (Å²) in [5, 5.41) is 0. The summed E-state index contributed by atoms with van der Waals surface area (Å²) >= 11 is 0. The SMILES string of the molecule is CC(C)c1cnccc1C(=O)N(C)C. The Labute approximate surface area is 84.8 Å². The largest absolute Gasteiger partial charge is 0.345 e. The van der Waals surface area contributed by atoms with E-state index in [2.05, 4.69) is 18.8 Å². The highest BCUT2D eigenvalue weighted by atomic mass is 16.2. The number of amides is 1. The van der Waals surface area contributed by atoms with Gasteiger partial charge >= 0.3 is 0 Å². The van der Waals surface area contributed by atoms with Gasteiger partial charge in [-0.25, -0.2) is 0 Å². The predicted octanol–water partition coefficient (Wildman–Crippen LogP) is 1.91. The molecule has 3 heteroatoms. The van der Waals surface area contributed by atoms with Crippen molar-refractivity contribution in [1.29, 1.82) is 0 Å². The number of nitrogens with zero attached hydrogens (tertiary/aromatic N) is 2. The number of pyridine rings is 1. The van der Waals surface area contributed by atoms with Crippen LogP contribution in [0.25, 0.3) is 0 Å². The van der Waals surface area contributed by atoms with Crippen LogP contribution in [0.15, 0.2) is 18.5 Å². The van der Waals surface area contributed by atoms with Gasteiger partial charge in [-0.2, -0.15) is 0 Å². The molecule has 0 fully saturated rings. The molecule has 76 valence electrons. The van der Waals surface area contributed by atoms with Gasteiger partial charge in [0.15, 0.2) is 0 Å². The van der Waals surface area contributed by atoms with Crippen LogP contribution in [0.2, 0.25) is 0 Å². The van der Waals surface area contributed by atoms with Crippen LogP contribution in [0.3, 0.4) is 0 Å². The van der Waals surface area contributed by atoms with Gasteiger partial charge in [-0.3, -0.25) is 9.78 Å². The van der Waals surface area contributed by atoms with Crippen molar-refractivity contribution in [3.63, 3.8) is 0 Å². The molecule has 1 amide bonds. The third-order valence-electron chi connectivity index (χ3n) is 2.11. The molecule has 0 saturated carbocycles. The Morgan fingerprint density at radius 2 is 2.07 bits per heavy atom. The van der Waals surface area contributed by atoms with Crippen LogP contribution in [0.4, 0.5) is 0 Å². The molecule has 1 aromatic heterocycles. The monoisotopic (exact) mass is 192 g/mol. The molecule has 0 aliphatic heterocycles. The topological polar surface area (TPSA) is 33.2 Å². The summed E-state index contributed by atoms with van der Waals surface area (Å²) in [4.78, 5) is 17.4. The molecule has 3 nitrogen and oxygen atoms in total.